The zero-order valence-corrected chi connectivity index (χ0v) is 22.4. The van der Waals surface area contributed by atoms with Crippen molar-refractivity contribution in [3.8, 4) is 0 Å². The van der Waals surface area contributed by atoms with Crippen LogP contribution in [-0.2, 0) is 11.2 Å². The van der Waals surface area contributed by atoms with Crippen LogP contribution in [-0.4, -0.2) is 40.3 Å². The molecular formula is C32H32N4O3. The quantitative estimate of drug-likeness (QED) is 0.318. The number of nitrogens with zero attached hydrogens (tertiary/aromatic N) is 2. The average Bonchev–Trinajstić information content (AvgIpc) is 3.42. The minimum atomic E-state index is -0.675. The van der Waals surface area contributed by atoms with E-state index in [9.17, 15) is 14.4 Å². The van der Waals surface area contributed by atoms with E-state index in [1.54, 1.807) is 29.2 Å². The largest absolute Gasteiger partial charge is 0.356 e. The van der Waals surface area contributed by atoms with Gasteiger partial charge in [0.2, 0.25) is 0 Å². The highest BCUT2D eigenvalue weighted by atomic mass is 16.2. The number of aromatic amines is 1. The first-order valence-electron chi connectivity index (χ1n) is 13.5. The molecule has 2 aliphatic heterocycles. The van der Waals surface area contributed by atoms with E-state index in [0.717, 1.165) is 39.7 Å². The van der Waals surface area contributed by atoms with E-state index in [2.05, 4.69) is 30.2 Å². The summed E-state index contributed by atoms with van der Waals surface area (Å²) in [4.78, 5) is 48.0. The first kappa shape index (κ1) is 24.9. The normalized spacial score (nSPS) is 18.6. The molecule has 0 aliphatic carbocycles. The number of fused-ring (bicyclic) bond motifs is 4. The van der Waals surface area contributed by atoms with Crippen molar-refractivity contribution in [1.82, 2.24) is 15.2 Å². The summed E-state index contributed by atoms with van der Waals surface area (Å²) in [7, 11) is 0. The molecule has 3 aromatic carbocycles. The van der Waals surface area contributed by atoms with Gasteiger partial charge >= 0.3 is 6.03 Å². The number of benzene rings is 3. The third kappa shape index (κ3) is 4.09. The smallest absolute Gasteiger partial charge is 0.332 e. The highest BCUT2D eigenvalue weighted by molar-refractivity contribution is 6.24. The number of carbonyl (C=O) groups is 3. The van der Waals surface area contributed by atoms with Gasteiger partial charge in [0.15, 0.2) is 0 Å². The molecule has 3 heterocycles. The molecule has 1 aromatic heterocycles. The van der Waals surface area contributed by atoms with Crippen LogP contribution in [0.2, 0.25) is 0 Å². The summed E-state index contributed by atoms with van der Waals surface area (Å²) in [6.07, 6.45) is 1.25. The van der Waals surface area contributed by atoms with E-state index < -0.39 is 18.1 Å². The summed E-state index contributed by atoms with van der Waals surface area (Å²) in [6.45, 7) is 6.75. The van der Waals surface area contributed by atoms with Gasteiger partial charge in [-0.3, -0.25) is 14.5 Å². The van der Waals surface area contributed by atoms with Crippen LogP contribution < -0.4 is 10.2 Å². The van der Waals surface area contributed by atoms with Crippen LogP contribution in [0.5, 0.6) is 0 Å². The number of hydrogen-bond acceptors (Lipinski definition) is 3. The number of para-hydroxylation sites is 2. The van der Waals surface area contributed by atoms with Gasteiger partial charge in [-0.25, -0.2) is 9.69 Å². The van der Waals surface area contributed by atoms with Crippen molar-refractivity contribution in [2.24, 2.45) is 5.92 Å². The second-order valence-corrected chi connectivity index (χ2v) is 10.9. The minimum absolute atomic E-state index is 0.289. The van der Waals surface area contributed by atoms with E-state index >= 15 is 0 Å². The van der Waals surface area contributed by atoms with Gasteiger partial charge < -0.3 is 10.3 Å². The molecule has 2 N–H and O–H groups in total. The Bertz CT molecular complexity index is 1600. The van der Waals surface area contributed by atoms with Crippen LogP contribution in [0.4, 0.5) is 10.5 Å². The molecule has 39 heavy (non-hydrogen) atoms. The summed E-state index contributed by atoms with van der Waals surface area (Å²) in [6, 6.07) is 21.4. The fraction of sp³-hybridized carbons (Fsp3) is 0.281. The molecule has 0 bridgehead atoms. The molecule has 0 spiro atoms. The van der Waals surface area contributed by atoms with Gasteiger partial charge in [0.25, 0.3) is 11.8 Å². The van der Waals surface area contributed by atoms with Crippen LogP contribution in [0.15, 0.2) is 72.8 Å². The number of aryl methyl sites for hydroxylation is 1. The van der Waals surface area contributed by atoms with Gasteiger partial charge in [0, 0.05) is 29.6 Å². The van der Waals surface area contributed by atoms with E-state index in [4.69, 9.17) is 0 Å². The van der Waals surface area contributed by atoms with Crippen LogP contribution in [0.3, 0.4) is 0 Å². The number of H-pyrrole nitrogens is 1. The van der Waals surface area contributed by atoms with Gasteiger partial charge in [0.05, 0.1) is 11.3 Å². The number of amides is 4. The molecule has 0 saturated carbocycles. The lowest BCUT2D eigenvalue weighted by atomic mass is 9.87. The number of rotatable bonds is 6. The molecule has 2 aliphatic rings. The second-order valence-electron chi connectivity index (χ2n) is 10.9. The van der Waals surface area contributed by atoms with E-state index in [0.29, 0.717) is 30.1 Å². The van der Waals surface area contributed by atoms with Crippen molar-refractivity contribution >= 4 is 34.4 Å². The van der Waals surface area contributed by atoms with Gasteiger partial charge in [-0.2, -0.15) is 0 Å². The number of hydrogen-bond donors (Lipinski definition) is 2. The number of anilines is 1. The summed E-state index contributed by atoms with van der Waals surface area (Å²) in [5, 5.41) is 4.02. The fourth-order valence-corrected chi connectivity index (χ4v) is 5.94. The molecule has 1 saturated heterocycles. The summed E-state index contributed by atoms with van der Waals surface area (Å²) >= 11 is 0. The van der Waals surface area contributed by atoms with E-state index in [-0.39, 0.29) is 11.8 Å². The molecule has 4 aromatic rings. The summed E-state index contributed by atoms with van der Waals surface area (Å²) in [5.41, 5.74) is 5.63. The monoisotopic (exact) mass is 520 g/mol. The van der Waals surface area contributed by atoms with Crippen molar-refractivity contribution in [3.63, 3.8) is 0 Å². The van der Waals surface area contributed by atoms with E-state index in [1.807, 2.05) is 49.4 Å². The SMILES string of the molecule is Cc1ccccc1[C@@H]1c2[nH]c3ccccc3c2C[C@H]2C(=O)N(c3ccccc3C(=O)NCCC(C)C)C(=O)N12. The topological polar surface area (TPSA) is 85.5 Å². The van der Waals surface area contributed by atoms with Gasteiger partial charge in [-0.05, 0) is 54.2 Å². The Hall–Kier alpha value is -4.39. The first-order valence-corrected chi connectivity index (χ1v) is 13.5. The predicted octanol–water partition coefficient (Wildman–Crippen LogP) is 5.74. The fourth-order valence-electron chi connectivity index (χ4n) is 5.94. The van der Waals surface area contributed by atoms with Crippen LogP contribution >= 0.6 is 0 Å². The molecule has 7 nitrogen and oxygen atoms in total. The highest BCUT2D eigenvalue weighted by Gasteiger charge is 2.53. The standard InChI is InChI=1S/C32H32N4O3/c1-19(2)16-17-33-30(37)23-13-7-9-15-26(23)36-31(38)27-18-24-22-12-6-8-14-25(22)34-28(24)29(35(27)32(36)39)21-11-5-4-10-20(21)3/h4-15,19,27,29,34H,16-18H2,1-3H3,(H,33,37)/t27-,29+/m0/s1. The van der Waals surface area contributed by atoms with Crippen molar-refractivity contribution in [3.05, 3.63) is 101 Å². The predicted molar refractivity (Wildman–Crippen MR) is 152 cm³/mol. The van der Waals surface area contributed by atoms with Gasteiger partial charge in [-0.15, -0.1) is 0 Å². The Morgan fingerprint density at radius 2 is 1.72 bits per heavy atom. The first-order chi connectivity index (χ1) is 18.9. The van der Waals surface area contributed by atoms with Gasteiger partial charge in [0.1, 0.15) is 12.1 Å². The Morgan fingerprint density at radius 3 is 2.51 bits per heavy atom. The van der Waals surface area contributed by atoms with Crippen molar-refractivity contribution in [2.75, 3.05) is 11.4 Å². The van der Waals surface area contributed by atoms with Crippen molar-refractivity contribution in [1.29, 1.82) is 0 Å². The van der Waals surface area contributed by atoms with Crippen LogP contribution in [0.1, 0.15) is 59.1 Å². The lowest BCUT2D eigenvalue weighted by Gasteiger charge is -2.36. The third-order valence-electron chi connectivity index (χ3n) is 7.93. The van der Waals surface area contributed by atoms with Crippen LogP contribution in [0, 0.1) is 12.8 Å². The Labute approximate surface area is 227 Å². The minimum Gasteiger partial charge on any atom is -0.356 e. The second kappa shape index (κ2) is 9.73. The zero-order valence-electron chi connectivity index (χ0n) is 22.4. The Balaban J connectivity index is 1.44. The molecule has 2 atom stereocenters. The molecule has 0 unspecified atom stereocenters. The number of imide groups is 1. The lowest BCUT2D eigenvalue weighted by molar-refractivity contribution is -0.120. The number of aromatic nitrogens is 1. The molecule has 6 rings (SSSR count). The maximum absolute atomic E-state index is 14.2. The summed E-state index contributed by atoms with van der Waals surface area (Å²) in [5.74, 6) is -0.148. The maximum Gasteiger partial charge on any atom is 0.332 e. The Morgan fingerprint density at radius 1 is 1.00 bits per heavy atom. The highest BCUT2D eigenvalue weighted by Crippen LogP contribution is 2.45. The lowest BCUT2D eigenvalue weighted by Crippen LogP contribution is -2.44. The molecule has 0 radical (unpaired) electrons. The maximum atomic E-state index is 14.2. The Kier molecular flexibility index (Phi) is 6.22. The number of carbonyl (C=O) groups excluding carboxylic acids is 3. The average molecular weight is 521 g/mol. The molecule has 7 heteroatoms. The van der Waals surface area contributed by atoms with Crippen molar-refractivity contribution < 1.29 is 14.4 Å². The molecule has 4 amide bonds. The summed E-state index contributed by atoms with van der Waals surface area (Å²) < 4.78 is 0. The third-order valence-corrected chi connectivity index (χ3v) is 7.93. The van der Waals surface area contributed by atoms with Crippen LogP contribution in [0.25, 0.3) is 10.9 Å². The van der Waals surface area contributed by atoms with E-state index in [1.165, 1.54) is 4.90 Å². The van der Waals surface area contributed by atoms with Crippen molar-refractivity contribution in [2.45, 2.75) is 45.7 Å². The van der Waals surface area contributed by atoms with Gasteiger partial charge in [-0.1, -0.05) is 68.4 Å². The molecule has 1 fully saturated rings. The zero-order chi connectivity index (χ0) is 27.3. The molecular weight excluding hydrogens is 488 g/mol. The number of urea groups is 1. The molecule has 198 valence electrons. The number of nitrogens with one attached hydrogen (secondary N) is 2.